The monoisotopic (exact) mass is 526 g/mol. The van der Waals surface area contributed by atoms with Crippen LogP contribution in [-0.4, -0.2) is 46.8 Å². The van der Waals surface area contributed by atoms with Crippen molar-refractivity contribution in [2.75, 3.05) is 13.2 Å². The van der Waals surface area contributed by atoms with E-state index in [4.69, 9.17) is 9.47 Å². The summed E-state index contributed by atoms with van der Waals surface area (Å²) >= 11 is 0. The maximum atomic E-state index is 14.2. The van der Waals surface area contributed by atoms with Crippen molar-refractivity contribution in [3.63, 3.8) is 0 Å². The SMILES string of the molecule is CCOC(=O)[C@@H]1C(=O)N2[C@@H](c3ccccc3)OC[C@@H]2[C@H]1[C@H](C)C(=O)N(Cc1ccccc1)Cc1ccccc1. The third kappa shape index (κ3) is 5.45. The van der Waals surface area contributed by atoms with Crippen LogP contribution in [0.3, 0.4) is 0 Å². The second-order valence-corrected chi connectivity index (χ2v) is 10.2. The number of amides is 2. The lowest BCUT2D eigenvalue weighted by Gasteiger charge is -2.32. The second kappa shape index (κ2) is 11.8. The highest BCUT2D eigenvalue weighted by atomic mass is 16.5. The molecule has 3 aromatic carbocycles. The highest BCUT2D eigenvalue weighted by Gasteiger charge is 2.60. The van der Waals surface area contributed by atoms with Gasteiger partial charge in [0, 0.05) is 30.5 Å². The van der Waals surface area contributed by atoms with Crippen LogP contribution in [0.2, 0.25) is 0 Å². The summed E-state index contributed by atoms with van der Waals surface area (Å²) in [5, 5.41) is 0. The van der Waals surface area contributed by atoms with Crippen LogP contribution >= 0.6 is 0 Å². The van der Waals surface area contributed by atoms with Gasteiger partial charge in [-0.3, -0.25) is 14.4 Å². The molecule has 2 aliphatic heterocycles. The standard InChI is InChI=1S/C32H34N2O5/c1-3-38-32(37)28-27(26-21-39-31(34(26)30(28)36)25-17-11-6-12-18-25)22(2)29(35)33(19-23-13-7-4-8-14-23)20-24-15-9-5-10-16-24/h4-18,22,26-28,31H,3,19-21H2,1-2H3/t22-,26+,27+,28-,31+/m0/s1. The Morgan fingerprint density at radius 2 is 1.46 bits per heavy atom. The van der Waals surface area contributed by atoms with Gasteiger partial charge in [-0.15, -0.1) is 0 Å². The average molecular weight is 527 g/mol. The molecule has 0 spiro atoms. The highest BCUT2D eigenvalue weighted by molar-refractivity contribution is 6.01. The maximum absolute atomic E-state index is 14.2. The number of carbonyl (C=O) groups is 3. The minimum Gasteiger partial charge on any atom is -0.465 e. The van der Waals surface area contributed by atoms with Gasteiger partial charge in [-0.25, -0.2) is 0 Å². The maximum Gasteiger partial charge on any atom is 0.318 e. The van der Waals surface area contributed by atoms with Gasteiger partial charge in [0.05, 0.1) is 19.3 Å². The number of ether oxygens (including phenoxy) is 2. The number of nitrogens with zero attached hydrogens (tertiary/aromatic N) is 2. The first-order valence-corrected chi connectivity index (χ1v) is 13.5. The molecule has 0 aliphatic carbocycles. The molecule has 202 valence electrons. The fourth-order valence-corrected chi connectivity index (χ4v) is 5.91. The average Bonchev–Trinajstić information content (AvgIpc) is 3.52. The van der Waals surface area contributed by atoms with E-state index < -0.39 is 36.0 Å². The predicted molar refractivity (Wildman–Crippen MR) is 146 cm³/mol. The van der Waals surface area contributed by atoms with Crippen LogP contribution in [0.15, 0.2) is 91.0 Å². The molecule has 0 bridgehead atoms. The normalized spacial score (nSPS) is 22.8. The van der Waals surface area contributed by atoms with Crippen LogP contribution in [0.1, 0.15) is 36.8 Å². The number of carbonyl (C=O) groups excluding carboxylic acids is 3. The first kappa shape index (κ1) is 26.6. The van der Waals surface area contributed by atoms with Crippen LogP contribution in [0, 0.1) is 17.8 Å². The van der Waals surface area contributed by atoms with Crippen LogP contribution in [0.5, 0.6) is 0 Å². The lowest BCUT2D eigenvalue weighted by Crippen LogP contribution is -2.43. The molecule has 2 saturated heterocycles. The Labute approximate surface area is 229 Å². The lowest BCUT2D eigenvalue weighted by atomic mass is 9.79. The van der Waals surface area contributed by atoms with Crippen LogP contribution in [0.4, 0.5) is 0 Å². The number of benzene rings is 3. The number of hydrogen-bond acceptors (Lipinski definition) is 5. The Hall–Kier alpha value is -3.97. The zero-order valence-corrected chi connectivity index (χ0v) is 22.3. The molecule has 7 nitrogen and oxygen atoms in total. The van der Waals surface area contributed by atoms with Crippen molar-refractivity contribution in [2.24, 2.45) is 17.8 Å². The summed E-state index contributed by atoms with van der Waals surface area (Å²) in [4.78, 5) is 44.7. The van der Waals surface area contributed by atoms with Gasteiger partial charge < -0.3 is 19.3 Å². The summed E-state index contributed by atoms with van der Waals surface area (Å²) in [6.07, 6.45) is -0.599. The largest absolute Gasteiger partial charge is 0.465 e. The summed E-state index contributed by atoms with van der Waals surface area (Å²) in [6.45, 7) is 4.80. The number of esters is 1. The Kier molecular flexibility index (Phi) is 8.07. The molecule has 3 aromatic rings. The molecule has 0 radical (unpaired) electrons. The van der Waals surface area contributed by atoms with E-state index in [1.807, 2.05) is 103 Å². The molecule has 0 aromatic heterocycles. The fraction of sp³-hybridized carbons (Fsp3) is 0.344. The van der Waals surface area contributed by atoms with Crippen molar-refractivity contribution in [1.82, 2.24) is 9.80 Å². The Bertz CT molecular complexity index is 1240. The third-order valence-electron chi connectivity index (χ3n) is 7.72. The molecule has 5 rings (SSSR count). The minimum atomic E-state index is -1.06. The van der Waals surface area contributed by atoms with Gasteiger partial charge in [0.2, 0.25) is 11.8 Å². The molecule has 0 N–H and O–H groups in total. The number of rotatable bonds is 9. The van der Waals surface area contributed by atoms with Crippen molar-refractivity contribution < 1.29 is 23.9 Å². The second-order valence-electron chi connectivity index (χ2n) is 10.2. The van der Waals surface area contributed by atoms with Crippen molar-refractivity contribution in [2.45, 2.75) is 39.2 Å². The first-order valence-electron chi connectivity index (χ1n) is 13.5. The van der Waals surface area contributed by atoms with E-state index in [1.54, 1.807) is 11.8 Å². The van der Waals surface area contributed by atoms with E-state index in [0.717, 1.165) is 16.7 Å². The quantitative estimate of drug-likeness (QED) is 0.301. The van der Waals surface area contributed by atoms with Gasteiger partial charge in [0.25, 0.3) is 0 Å². The molecule has 7 heteroatoms. The van der Waals surface area contributed by atoms with E-state index in [0.29, 0.717) is 13.1 Å². The summed E-state index contributed by atoms with van der Waals surface area (Å²) < 4.78 is 11.5. The van der Waals surface area contributed by atoms with E-state index >= 15 is 0 Å². The first-order chi connectivity index (χ1) is 19.0. The van der Waals surface area contributed by atoms with Crippen molar-refractivity contribution >= 4 is 17.8 Å². The van der Waals surface area contributed by atoms with Crippen LogP contribution < -0.4 is 0 Å². The molecular weight excluding hydrogens is 492 g/mol. The highest BCUT2D eigenvalue weighted by Crippen LogP contribution is 2.46. The molecule has 2 heterocycles. The Balaban J connectivity index is 1.46. The van der Waals surface area contributed by atoms with Crippen molar-refractivity contribution in [1.29, 1.82) is 0 Å². The van der Waals surface area contributed by atoms with Gasteiger partial charge in [0.15, 0.2) is 6.23 Å². The molecule has 5 atom stereocenters. The molecule has 2 aliphatic rings. The zero-order chi connectivity index (χ0) is 27.4. The zero-order valence-electron chi connectivity index (χ0n) is 22.3. The predicted octanol–water partition coefficient (Wildman–Crippen LogP) is 4.59. The summed E-state index contributed by atoms with van der Waals surface area (Å²) in [6, 6.07) is 28.8. The van der Waals surface area contributed by atoms with Crippen molar-refractivity contribution in [3.8, 4) is 0 Å². The molecule has 0 saturated carbocycles. The lowest BCUT2D eigenvalue weighted by molar-refractivity contribution is -0.156. The van der Waals surface area contributed by atoms with Crippen LogP contribution in [0.25, 0.3) is 0 Å². The summed E-state index contributed by atoms with van der Waals surface area (Å²) in [5.41, 5.74) is 2.85. The van der Waals surface area contributed by atoms with Crippen molar-refractivity contribution in [3.05, 3.63) is 108 Å². The van der Waals surface area contributed by atoms with Gasteiger partial charge >= 0.3 is 5.97 Å². The van der Waals surface area contributed by atoms with E-state index in [-0.39, 0.29) is 25.0 Å². The Morgan fingerprint density at radius 3 is 2.00 bits per heavy atom. The summed E-state index contributed by atoms with van der Waals surface area (Å²) in [5.74, 6) is -3.28. The van der Waals surface area contributed by atoms with E-state index in [2.05, 4.69) is 0 Å². The third-order valence-corrected chi connectivity index (χ3v) is 7.72. The summed E-state index contributed by atoms with van der Waals surface area (Å²) in [7, 11) is 0. The smallest absolute Gasteiger partial charge is 0.318 e. The molecule has 0 unspecified atom stereocenters. The number of hydrogen-bond donors (Lipinski definition) is 0. The van der Waals surface area contributed by atoms with E-state index in [9.17, 15) is 14.4 Å². The molecule has 2 amide bonds. The van der Waals surface area contributed by atoms with Gasteiger partial charge in [0.1, 0.15) is 5.92 Å². The fourth-order valence-electron chi connectivity index (χ4n) is 5.91. The minimum absolute atomic E-state index is 0.111. The Morgan fingerprint density at radius 1 is 0.923 bits per heavy atom. The van der Waals surface area contributed by atoms with E-state index in [1.165, 1.54) is 0 Å². The van der Waals surface area contributed by atoms with Gasteiger partial charge in [-0.1, -0.05) is 97.9 Å². The molecular formula is C32H34N2O5. The number of fused-ring (bicyclic) bond motifs is 1. The topological polar surface area (TPSA) is 76.1 Å². The molecule has 2 fully saturated rings. The van der Waals surface area contributed by atoms with Gasteiger partial charge in [-0.05, 0) is 18.1 Å². The van der Waals surface area contributed by atoms with Crippen LogP contribution in [-0.2, 0) is 36.9 Å². The van der Waals surface area contributed by atoms with Gasteiger partial charge in [-0.2, -0.15) is 0 Å². The molecule has 39 heavy (non-hydrogen) atoms.